The molecule has 0 aliphatic heterocycles. The van der Waals surface area contributed by atoms with Crippen molar-refractivity contribution < 1.29 is 14.6 Å². The van der Waals surface area contributed by atoms with Crippen molar-refractivity contribution in [3.63, 3.8) is 0 Å². The maximum absolute atomic E-state index is 12.1. The molecule has 0 fully saturated rings. The normalized spacial score (nSPS) is 11.4. The van der Waals surface area contributed by atoms with Crippen LogP contribution in [0.4, 0.5) is 5.69 Å². The molecule has 0 saturated heterocycles. The number of amides is 1. The average molecular weight is 380 g/mol. The second kappa shape index (κ2) is 7.09. The van der Waals surface area contributed by atoms with Gasteiger partial charge in [0.25, 0.3) is 0 Å². The van der Waals surface area contributed by atoms with Crippen LogP contribution in [0.2, 0.25) is 5.02 Å². The number of aromatic nitrogens is 1. The first-order valence-corrected chi connectivity index (χ1v) is 8.55. The molecule has 3 aromatic carbocycles. The molecule has 0 radical (unpaired) electrons. The maximum Gasteiger partial charge on any atom is 0.302 e. The first kappa shape index (κ1) is 17.1. The summed E-state index contributed by atoms with van der Waals surface area (Å²) in [7, 11) is 0. The largest absolute Gasteiger partial charge is 0.493 e. The lowest BCUT2D eigenvalue weighted by Crippen LogP contribution is -2.08. The lowest BCUT2D eigenvalue weighted by Gasteiger charge is -2.06. The van der Waals surface area contributed by atoms with Crippen LogP contribution >= 0.6 is 11.6 Å². The van der Waals surface area contributed by atoms with Gasteiger partial charge in [-0.2, -0.15) is 0 Å². The molecule has 0 atom stereocenters. The molecule has 6 nitrogen and oxygen atoms in total. The van der Waals surface area contributed by atoms with Crippen molar-refractivity contribution in [1.82, 2.24) is 4.98 Å². The Morgan fingerprint density at radius 3 is 2.78 bits per heavy atom. The molecule has 0 saturated carbocycles. The van der Waals surface area contributed by atoms with E-state index >= 15 is 0 Å². The first-order valence-electron chi connectivity index (χ1n) is 8.17. The number of nitrogens with one attached hydrogen (secondary N) is 1. The van der Waals surface area contributed by atoms with Crippen LogP contribution in [0.3, 0.4) is 0 Å². The number of azo groups is 1. The van der Waals surface area contributed by atoms with Crippen LogP contribution in [0.1, 0.15) is 0 Å². The molecule has 0 unspecified atom stereocenters. The summed E-state index contributed by atoms with van der Waals surface area (Å²) in [6.07, 6.45) is 0. The van der Waals surface area contributed by atoms with Gasteiger partial charge < -0.3 is 14.8 Å². The Kier molecular flexibility index (Phi) is 4.48. The summed E-state index contributed by atoms with van der Waals surface area (Å²) in [5.41, 5.74) is 0.802. The van der Waals surface area contributed by atoms with Crippen LogP contribution < -0.4 is 4.74 Å². The van der Waals surface area contributed by atoms with Gasteiger partial charge in [0.1, 0.15) is 5.75 Å². The highest BCUT2D eigenvalue weighted by atomic mass is 35.5. The molecule has 2 N–H and O–H groups in total. The standard InChI is InChI=1S/C20H14ClN3O3/c21-13-8-9-16-15(10-13)19(20(26)22-16)24-23-18(25)11-27-17-7-3-5-12-4-1-2-6-14(12)17/h1-10,22,26H,11H2. The molecule has 0 aliphatic rings. The van der Waals surface area contributed by atoms with Gasteiger partial charge in [0.05, 0.1) is 5.52 Å². The van der Waals surface area contributed by atoms with Gasteiger partial charge in [-0.05, 0) is 29.7 Å². The Bertz CT molecular complexity index is 1180. The summed E-state index contributed by atoms with van der Waals surface area (Å²) in [4.78, 5) is 14.8. The summed E-state index contributed by atoms with van der Waals surface area (Å²) in [6.45, 7) is -0.263. The molecule has 4 rings (SSSR count). The van der Waals surface area contributed by atoms with Crippen LogP contribution in [-0.2, 0) is 4.79 Å². The van der Waals surface area contributed by atoms with E-state index in [-0.39, 0.29) is 18.2 Å². The van der Waals surface area contributed by atoms with Crippen molar-refractivity contribution in [2.45, 2.75) is 0 Å². The van der Waals surface area contributed by atoms with E-state index in [4.69, 9.17) is 16.3 Å². The first-order chi connectivity index (χ1) is 13.1. The molecule has 4 aromatic rings. The zero-order valence-electron chi connectivity index (χ0n) is 14.0. The fourth-order valence-corrected chi connectivity index (χ4v) is 3.00. The number of H-pyrrole nitrogens is 1. The molecular formula is C20H14ClN3O3. The summed E-state index contributed by atoms with van der Waals surface area (Å²) in [5, 5.41) is 20.5. The quantitative estimate of drug-likeness (QED) is 0.467. The predicted molar refractivity (Wildman–Crippen MR) is 104 cm³/mol. The predicted octanol–water partition coefficient (Wildman–Crippen LogP) is 5.37. The minimum absolute atomic E-state index is 0.158. The molecule has 7 heteroatoms. The van der Waals surface area contributed by atoms with E-state index in [2.05, 4.69) is 15.2 Å². The van der Waals surface area contributed by atoms with Crippen LogP contribution in [0.5, 0.6) is 11.6 Å². The number of hydrogen-bond donors (Lipinski definition) is 2. The van der Waals surface area contributed by atoms with E-state index in [1.807, 2.05) is 36.4 Å². The van der Waals surface area contributed by atoms with E-state index in [0.29, 0.717) is 21.7 Å². The Morgan fingerprint density at radius 2 is 1.89 bits per heavy atom. The van der Waals surface area contributed by atoms with Crippen LogP contribution in [0.15, 0.2) is 70.9 Å². The Balaban J connectivity index is 1.51. The molecule has 1 heterocycles. The Labute approximate surface area is 159 Å². The van der Waals surface area contributed by atoms with Crippen molar-refractivity contribution in [3.05, 3.63) is 65.7 Å². The van der Waals surface area contributed by atoms with Gasteiger partial charge >= 0.3 is 5.91 Å². The monoisotopic (exact) mass is 379 g/mol. The molecular weight excluding hydrogens is 366 g/mol. The number of carbonyl (C=O) groups is 1. The van der Waals surface area contributed by atoms with E-state index in [1.54, 1.807) is 24.3 Å². The molecule has 27 heavy (non-hydrogen) atoms. The van der Waals surface area contributed by atoms with Gasteiger partial charge in [-0.15, -0.1) is 10.2 Å². The number of rotatable bonds is 4. The highest BCUT2D eigenvalue weighted by Gasteiger charge is 2.12. The molecule has 1 aromatic heterocycles. The number of aromatic hydroxyl groups is 1. The molecule has 0 spiro atoms. The Hall–Kier alpha value is -3.38. The van der Waals surface area contributed by atoms with E-state index in [9.17, 15) is 9.90 Å². The highest BCUT2D eigenvalue weighted by Crippen LogP contribution is 2.36. The van der Waals surface area contributed by atoms with Crippen molar-refractivity contribution in [3.8, 4) is 11.6 Å². The van der Waals surface area contributed by atoms with Gasteiger partial charge in [0, 0.05) is 15.8 Å². The maximum atomic E-state index is 12.1. The van der Waals surface area contributed by atoms with Crippen molar-refractivity contribution in [2.24, 2.45) is 10.2 Å². The van der Waals surface area contributed by atoms with E-state index in [0.717, 1.165) is 10.8 Å². The number of nitrogens with zero attached hydrogens (tertiary/aromatic N) is 2. The zero-order valence-corrected chi connectivity index (χ0v) is 14.8. The second-order valence-corrected chi connectivity index (χ2v) is 6.31. The molecule has 0 aliphatic carbocycles. The van der Waals surface area contributed by atoms with Gasteiger partial charge in [0.15, 0.2) is 12.3 Å². The molecule has 134 valence electrons. The zero-order chi connectivity index (χ0) is 18.8. The van der Waals surface area contributed by atoms with Crippen LogP contribution in [0.25, 0.3) is 21.7 Å². The fraction of sp³-hybridized carbons (Fsp3) is 0.0500. The summed E-state index contributed by atoms with van der Waals surface area (Å²) < 4.78 is 5.59. The van der Waals surface area contributed by atoms with Gasteiger partial charge in [-0.3, -0.25) is 4.79 Å². The third kappa shape index (κ3) is 3.47. The molecule has 1 amide bonds. The van der Waals surface area contributed by atoms with Crippen molar-refractivity contribution >= 4 is 44.9 Å². The number of aromatic amines is 1. The summed E-state index contributed by atoms with van der Waals surface area (Å²) >= 11 is 5.97. The number of fused-ring (bicyclic) bond motifs is 2. The number of halogens is 1. The third-order valence-electron chi connectivity index (χ3n) is 4.08. The Morgan fingerprint density at radius 1 is 1.07 bits per heavy atom. The third-order valence-corrected chi connectivity index (χ3v) is 4.31. The lowest BCUT2D eigenvalue weighted by atomic mass is 10.1. The lowest BCUT2D eigenvalue weighted by molar-refractivity contribution is -0.120. The van der Waals surface area contributed by atoms with Crippen molar-refractivity contribution in [2.75, 3.05) is 6.61 Å². The van der Waals surface area contributed by atoms with Gasteiger partial charge in [0.2, 0.25) is 5.88 Å². The number of benzene rings is 3. The minimum Gasteiger partial charge on any atom is -0.493 e. The van der Waals surface area contributed by atoms with Crippen LogP contribution in [-0.4, -0.2) is 22.6 Å². The summed E-state index contributed by atoms with van der Waals surface area (Å²) in [6, 6.07) is 18.4. The highest BCUT2D eigenvalue weighted by molar-refractivity contribution is 6.31. The van der Waals surface area contributed by atoms with Gasteiger partial charge in [-0.25, -0.2) is 0 Å². The topological polar surface area (TPSA) is 87.0 Å². The number of ether oxygens (including phenoxy) is 1. The number of carbonyl (C=O) groups excluding carboxylic acids is 1. The minimum atomic E-state index is -0.571. The average Bonchev–Trinajstić information content (AvgIpc) is 2.99. The van der Waals surface area contributed by atoms with E-state index < -0.39 is 5.91 Å². The second-order valence-electron chi connectivity index (χ2n) is 5.87. The SMILES string of the molecule is O=C(COc1cccc2ccccc12)N=Nc1c(O)[nH]c2ccc(Cl)cc12. The fourth-order valence-electron chi connectivity index (χ4n) is 2.83. The van der Waals surface area contributed by atoms with E-state index in [1.165, 1.54) is 0 Å². The van der Waals surface area contributed by atoms with Crippen LogP contribution in [0, 0.1) is 0 Å². The number of hydrogen-bond acceptors (Lipinski definition) is 4. The molecule has 0 bridgehead atoms. The summed E-state index contributed by atoms with van der Waals surface area (Å²) in [5.74, 6) is -0.157. The van der Waals surface area contributed by atoms with Gasteiger partial charge in [-0.1, -0.05) is 48.0 Å². The smallest absolute Gasteiger partial charge is 0.302 e. The van der Waals surface area contributed by atoms with Crippen molar-refractivity contribution in [1.29, 1.82) is 0 Å².